The van der Waals surface area contributed by atoms with E-state index in [4.69, 9.17) is 10.00 Å². The number of aromatic nitrogens is 1. The van der Waals surface area contributed by atoms with Crippen molar-refractivity contribution < 1.29 is 26.3 Å². The number of nitrogens with one attached hydrogen (secondary N) is 1. The van der Waals surface area contributed by atoms with Crippen LogP contribution in [0.4, 0.5) is 13.2 Å². The maximum Gasteiger partial charge on any atom is 0.416 e. The van der Waals surface area contributed by atoms with Crippen LogP contribution in [0, 0.1) is 11.3 Å². The summed E-state index contributed by atoms with van der Waals surface area (Å²) in [5, 5.41) is 12.1. The Hall–Kier alpha value is -2.68. The number of hydrogen-bond acceptors (Lipinski definition) is 7. The molecular formula is C20H19F3N4O3S. The van der Waals surface area contributed by atoms with E-state index in [9.17, 15) is 21.6 Å². The Morgan fingerprint density at radius 3 is 2.74 bits per heavy atom. The molecule has 7 nitrogen and oxygen atoms in total. The monoisotopic (exact) mass is 452 g/mol. The van der Waals surface area contributed by atoms with E-state index >= 15 is 0 Å². The Bertz CT molecular complexity index is 1100. The van der Waals surface area contributed by atoms with Gasteiger partial charge in [-0.3, -0.25) is 4.90 Å². The molecule has 2 saturated heterocycles. The summed E-state index contributed by atoms with van der Waals surface area (Å²) in [7, 11) is -4.35. The summed E-state index contributed by atoms with van der Waals surface area (Å²) in [6.45, 7) is 1.81. The van der Waals surface area contributed by atoms with Gasteiger partial charge in [0.1, 0.15) is 6.07 Å². The molecule has 0 radical (unpaired) electrons. The molecule has 11 heteroatoms. The molecule has 0 unspecified atom stereocenters. The maximum absolute atomic E-state index is 13.7. The molecule has 2 atom stereocenters. The first-order chi connectivity index (χ1) is 14.6. The van der Waals surface area contributed by atoms with Crippen molar-refractivity contribution in [3.63, 3.8) is 0 Å². The van der Waals surface area contributed by atoms with Gasteiger partial charge >= 0.3 is 6.18 Å². The van der Waals surface area contributed by atoms with Crippen molar-refractivity contribution >= 4 is 9.84 Å². The summed E-state index contributed by atoms with van der Waals surface area (Å²) < 4.78 is 72.9. The molecule has 2 aliphatic rings. The first kappa shape index (κ1) is 21.5. The summed E-state index contributed by atoms with van der Waals surface area (Å²) in [4.78, 5) is 3.71. The van der Waals surface area contributed by atoms with E-state index in [2.05, 4.69) is 10.3 Å². The summed E-state index contributed by atoms with van der Waals surface area (Å²) in [6, 6.07) is 8.29. The average molecular weight is 452 g/mol. The Morgan fingerprint density at radius 2 is 2.10 bits per heavy atom. The van der Waals surface area contributed by atoms with Crippen molar-refractivity contribution in [3.05, 3.63) is 53.7 Å². The van der Waals surface area contributed by atoms with Crippen LogP contribution in [0.3, 0.4) is 0 Å². The van der Waals surface area contributed by atoms with Crippen LogP contribution in [0.2, 0.25) is 0 Å². The van der Waals surface area contributed by atoms with Crippen molar-refractivity contribution in [1.82, 2.24) is 15.2 Å². The largest absolute Gasteiger partial charge is 0.453 e. The van der Waals surface area contributed by atoms with Crippen LogP contribution in [-0.4, -0.2) is 55.5 Å². The molecule has 164 valence electrons. The standard InChI is InChI=1S/C20H19F3N4O3S/c21-20(22,23)15-2-1-3-17(8-15)31(28,29)19(9-16-12-25-6-7-27(16)13-19)30-18-5-4-14(10-24)11-26-18/h1-5,8,11,16,25H,6-7,9,12-13H2/t16-,19+/m0/s1. The molecular weight excluding hydrogens is 433 g/mol. The van der Waals surface area contributed by atoms with E-state index < -0.39 is 31.4 Å². The highest BCUT2D eigenvalue weighted by atomic mass is 32.2. The number of benzene rings is 1. The number of nitriles is 1. The van der Waals surface area contributed by atoms with Crippen molar-refractivity contribution in [2.75, 3.05) is 26.2 Å². The highest BCUT2D eigenvalue weighted by Crippen LogP contribution is 2.41. The van der Waals surface area contributed by atoms with E-state index in [0.29, 0.717) is 25.7 Å². The maximum atomic E-state index is 13.7. The van der Waals surface area contributed by atoms with E-state index in [0.717, 1.165) is 18.2 Å². The van der Waals surface area contributed by atoms with Gasteiger partial charge in [0, 0.05) is 44.4 Å². The number of fused-ring (bicyclic) bond motifs is 1. The quantitative estimate of drug-likeness (QED) is 0.760. The summed E-state index contributed by atoms with van der Waals surface area (Å²) >= 11 is 0. The Labute approximate surface area is 177 Å². The Balaban J connectivity index is 1.78. The first-order valence-electron chi connectivity index (χ1n) is 9.56. The topological polar surface area (TPSA) is 95.3 Å². The summed E-state index contributed by atoms with van der Waals surface area (Å²) in [5.74, 6) is -0.0117. The highest BCUT2D eigenvalue weighted by Gasteiger charge is 2.56. The SMILES string of the molecule is N#Cc1ccc(O[C@@]2(S(=O)(=O)c3cccc(C(F)(F)F)c3)C[C@H]3CNCCN3C2)nc1. The molecule has 1 aromatic carbocycles. The predicted molar refractivity (Wildman–Crippen MR) is 104 cm³/mol. The van der Waals surface area contributed by atoms with Crippen LogP contribution >= 0.6 is 0 Å². The number of hydrogen-bond donors (Lipinski definition) is 1. The van der Waals surface area contributed by atoms with Gasteiger partial charge in [0.25, 0.3) is 0 Å². The minimum absolute atomic E-state index is 0.000390. The Morgan fingerprint density at radius 1 is 1.29 bits per heavy atom. The second-order valence-corrected chi connectivity index (χ2v) is 9.79. The van der Waals surface area contributed by atoms with Crippen molar-refractivity contribution in [2.45, 2.75) is 28.5 Å². The van der Waals surface area contributed by atoms with Crippen molar-refractivity contribution in [1.29, 1.82) is 5.26 Å². The van der Waals surface area contributed by atoms with E-state index in [1.165, 1.54) is 18.3 Å². The van der Waals surface area contributed by atoms with E-state index in [1.54, 1.807) is 0 Å². The number of nitrogens with zero attached hydrogens (tertiary/aromatic N) is 3. The number of sulfone groups is 1. The van der Waals surface area contributed by atoms with Crippen LogP contribution in [0.25, 0.3) is 0 Å². The van der Waals surface area contributed by atoms with Gasteiger partial charge in [0.2, 0.25) is 20.7 Å². The summed E-state index contributed by atoms with van der Waals surface area (Å²) in [6.07, 6.45) is -3.35. The lowest BCUT2D eigenvalue weighted by Crippen LogP contribution is -2.49. The highest BCUT2D eigenvalue weighted by molar-refractivity contribution is 7.92. The molecule has 1 N–H and O–H groups in total. The predicted octanol–water partition coefficient (Wildman–Crippen LogP) is 2.20. The molecule has 2 fully saturated rings. The minimum Gasteiger partial charge on any atom is -0.453 e. The normalized spacial score (nSPS) is 24.4. The van der Waals surface area contributed by atoms with E-state index in [1.807, 2.05) is 11.0 Å². The number of ether oxygens (including phenoxy) is 1. The molecule has 4 rings (SSSR count). The molecule has 1 aromatic heterocycles. The fourth-order valence-corrected chi connectivity index (χ4v) is 5.93. The van der Waals surface area contributed by atoms with Crippen molar-refractivity contribution in [2.24, 2.45) is 0 Å². The third-order valence-corrected chi connectivity index (χ3v) is 7.81. The first-order valence-corrected chi connectivity index (χ1v) is 11.0. The van der Waals surface area contributed by atoms with Crippen molar-refractivity contribution in [3.8, 4) is 11.9 Å². The van der Waals surface area contributed by atoms with Gasteiger partial charge in [-0.1, -0.05) is 6.07 Å². The van der Waals surface area contributed by atoms with Gasteiger partial charge in [-0.25, -0.2) is 13.4 Å². The molecule has 0 saturated carbocycles. The fourth-order valence-electron chi connectivity index (χ4n) is 4.02. The van der Waals surface area contributed by atoms with Crippen LogP contribution in [0.5, 0.6) is 5.88 Å². The zero-order valence-corrected chi connectivity index (χ0v) is 17.1. The van der Waals surface area contributed by atoms with Gasteiger partial charge in [-0.2, -0.15) is 18.4 Å². The Kier molecular flexibility index (Phi) is 5.41. The molecule has 2 aliphatic heterocycles. The molecule has 0 amide bonds. The van der Waals surface area contributed by atoms with Gasteiger partial charge in [0.05, 0.1) is 22.6 Å². The molecule has 0 aliphatic carbocycles. The van der Waals surface area contributed by atoms with Crippen LogP contribution in [-0.2, 0) is 16.0 Å². The number of alkyl halides is 3. The third kappa shape index (κ3) is 3.98. The summed E-state index contributed by atoms with van der Waals surface area (Å²) in [5.41, 5.74) is -0.771. The zero-order valence-electron chi connectivity index (χ0n) is 16.3. The molecule has 0 spiro atoms. The molecule has 2 aromatic rings. The molecule has 31 heavy (non-hydrogen) atoms. The lowest BCUT2D eigenvalue weighted by atomic mass is 10.1. The zero-order chi connectivity index (χ0) is 22.3. The number of halogens is 3. The second kappa shape index (κ2) is 7.78. The van der Waals surface area contributed by atoms with Crippen LogP contribution in [0.1, 0.15) is 17.5 Å². The number of rotatable bonds is 4. The fraction of sp³-hybridized carbons (Fsp3) is 0.400. The van der Waals surface area contributed by atoms with Gasteiger partial charge in [-0.05, 0) is 24.3 Å². The second-order valence-electron chi connectivity index (χ2n) is 7.57. The van der Waals surface area contributed by atoms with Gasteiger partial charge < -0.3 is 10.1 Å². The number of piperazine rings is 1. The van der Waals surface area contributed by atoms with Crippen LogP contribution < -0.4 is 10.1 Å². The number of pyridine rings is 1. The molecule has 0 bridgehead atoms. The molecule has 3 heterocycles. The van der Waals surface area contributed by atoms with Gasteiger partial charge in [0.15, 0.2) is 0 Å². The smallest absolute Gasteiger partial charge is 0.416 e. The minimum atomic E-state index is -4.68. The lowest BCUT2D eigenvalue weighted by molar-refractivity contribution is -0.137. The average Bonchev–Trinajstić information content (AvgIpc) is 3.13. The van der Waals surface area contributed by atoms with Crippen LogP contribution in [0.15, 0.2) is 47.5 Å². The van der Waals surface area contributed by atoms with Gasteiger partial charge in [-0.15, -0.1) is 0 Å². The van der Waals surface area contributed by atoms with E-state index in [-0.39, 0.29) is 30.5 Å². The lowest BCUT2D eigenvalue weighted by Gasteiger charge is -2.30. The third-order valence-electron chi connectivity index (χ3n) is 5.58.